The Morgan fingerprint density at radius 3 is 2.13 bits per heavy atom. The van der Waals surface area contributed by atoms with Crippen LogP contribution >= 0.6 is 0 Å². The Morgan fingerprint density at radius 1 is 1.04 bits per heavy atom. The lowest BCUT2D eigenvalue weighted by atomic mass is 10.3. The van der Waals surface area contributed by atoms with Gasteiger partial charge in [0.25, 0.3) is 0 Å². The molecule has 0 aliphatic rings. The first-order chi connectivity index (χ1) is 11.1. The van der Waals surface area contributed by atoms with Gasteiger partial charge in [0.1, 0.15) is 18.1 Å². The molecule has 0 aromatic heterocycles. The molecule has 1 N–H and O–H groups in total. The van der Waals surface area contributed by atoms with E-state index in [0.717, 1.165) is 18.6 Å². The summed E-state index contributed by atoms with van der Waals surface area (Å²) in [6.07, 6.45) is 1.67. The molecule has 0 saturated heterocycles. The van der Waals surface area contributed by atoms with E-state index < -0.39 is 11.8 Å². The normalized spacial score (nSPS) is 10.0. The van der Waals surface area contributed by atoms with Gasteiger partial charge >= 0.3 is 11.8 Å². The standard InChI is InChI=1S/C17H26N2O4/c1-4-11-19(12-5-2)17(21)16(20)18-10-13-23-15-8-6-14(22-3)7-9-15/h6-9H,4-5,10-13H2,1-3H3,(H,18,20). The number of hydrogen-bond acceptors (Lipinski definition) is 4. The maximum atomic E-state index is 12.0. The van der Waals surface area contributed by atoms with Crippen LogP contribution in [-0.4, -0.2) is 50.1 Å². The molecule has 1 aromatic rings. The van der Waals surface area contributed by atoms with Crippen LogP contribution in [0.2, 0.25) is 0 Å². The van der Waals surface area contributed by atoms with Gasteiger partial charge in [-0.25, -0.2) is 0 Å². The Bertz CT molecular complexity index is 482. The van der Waals surface area contributed by atoms with Crippen LogP contribution in [0.3, 0.4) is 0 Å². The van der Waals surface area contributed by atoms with Gasteiger partial charge in [-0.2, -0.15) is 0 Å². The zero-order chi connectivity index (χ0) is 17.1. The van der Waals surface area contributed by atoms with Gasteiger partial charge < -0.3 is 19.7 Å². The van der Waals surface area contributed by atoms with Crippen LogP contribution in [-0.2, 0) is 9.59 Å². The van der Waals surface area contributed by atoms with Gasteiger partial charge in [0, 0.05) is 13.1 Å². The van der Waals surface area contributed by atoms with Gasteiger partial charge in [0.15, 0.2) is 0 Å². The molecular weight excluding hydrogens is 296 g/mol. The minimum absolute atomic E-state index is 0.280. The quantitative estimate of drug-likeness (QED) is 0.556. The zero-order valence-corrected chi connectivity index (χ0v) is 14.1. The minimum Gasteiger partial charge on any atom is -0.497 e. The summed E-state index contributed by atoms with van der Waals surface area (Å²) < 4.78 is 10.6. The lowest BCUT2D eigenvalue weighted by Crippen LogP contribution is -2.44. The zero-order valence-electron chi connectivity index (χ0n) is 14.1. The Balaban J connectivity index is 2.33. The van der Waals surface area contributed by atoms with Crippen LogP contribution in [0.25, 0.3) is 0 Å². The smallest absolute Gasteiger partial charge is 0.311 e. The average Bonchev–Trinajstić information content (AvgIpc) is 2.58. The molecule has 2 amide bonds. The third-order valence-corrected chi connectivity index (χ3v) is 3.18. The number of ether oxygens (including phenoxy) is 2. The Morgan fingerprint density at radius 2 is 1.61 bits per heavy atom. The number of methoxy groups -OCH3 is 1. The van der Waals surface area contributed by atoms with Gasteiger partial charge in [0.2, 0.25) is 0 Å². The maximum absolute atomic E-state index is 12.0. The molecule has 0 aliphatic heterocycles. The predicted molar refractivity (Wildman–Crippen MR) is 88.7 cm³/mol. The van der Waals surface area contributed by atoms with Crippen molar-refractivity contribution in [3.63, 3.8) is 0 Å². The van der Waals surface area contributed by atoms with E-state index in [4.69, 9.17) is 9.47 Å². The van der Waals surface area contributed by atoms with Crippen molar-refractivity contribution >= 4 is 11.8 Å². The molecule has 0 bridgehead atoms. The van der Waals surface area contributed by atoms with Crippen molar-refractivity contribution in [2.45, 2.75) is 26.7 Å². The third-order valence-electron chi connectivity index (χ3n) is 3.18. The summed E-state index contributed by atoms with van der Waals surface area (Å²) in [7, 11) is 1.60. The van der Waals surface area contributed by atoms with E-state index >= 15 is 0 Å². The van der Waals surface area contributed by atoms with Crippen molar-refractivity contribution in [2.24, 2.45) is 0 Å². The topological polar surface area (TPSA) is 67.9 Å². The Labute approximate surface area is 137 Å². The molecule has 0 atom stereocenters. The van der Waals surface area contributed by atoms with Gasteiger partial charge in [-0.1, -0.05) is 13.8 Å². The third kappa shape index (κ3) is 6.59. The number of amides is 2. The molecule has 0 unspecified atom stereocenters. The van der Waals surface area contributed by atoms with Crippen molar-refractivity contribution in [2.75, 3.05) is 33.4 Å². The number of nitrogens with zero attached hydrogens (tertiary/aromatic N) is 1. The molecule has 0 saturated carbocycles. The maximum Gasteiger partial charge on any atom is 0.311 e. The monoisotopic (exact) mass is 322 g/mol. The lowest BCUT2D eigenvalue weighted by Gasteiger charge is -2.20. The SMILES string of the molecule is CCCN(CCC)C(=O)C(=O)NCCOc1ccc(OC)cc1. The number of carbonyl (C=O) groups excluding carboxylic acids is 2. The molecule has 1 rings (SSSR count). The molecule has 0 heterocycles. The summed E-state index contributed by atoms with van der Waals surface area (Å²) in [5.74, 6) is 0.386. The second-order valence-electron chi connectivity index (χ2n) is 5.07. The molecule has 0 radical (unpaired) electrons. The largest absolute Gasteiger partial charge is 0.497 e. The Hall–Kier alpha value is -2.24. The fraction of sp³-hybridized carbons (Fsp3) is 0.529. The van der Waals surface area contributed by atoms with Crippen molar-refractivity contribution in [1.29, 1.82) is 0 Å². The van der Waals surface area contributed by atoms with Crippen molar-refractivity contribution < 1.29 is 19.1 Å². The summed E-state index contributed by atoms with van der Waals surface area (Å²) in [4.78, 5) is 25.5. The van der Waals surface area contributed by atoms with E-state index in [1.807, 2.05) is 13.8 Å². The minimum atomic E-state index is -0.578. The highest BCUT2D eigenvalue weighted by Crippen LogP contribution is 2.16. The molecule has 0 aliphatic carbocycles. The lowest BCUT2D eigenvalue weighted by molar-refractivity contribution is -0.145. The first-order valence-corrected chi connectivity index (χ1v) is 7.96. The summed E-state index contributed by atoms with van der Waals surface area (Å²) >= 11 is 0. The summed E-state index contributed by atoms with van der Waals surface area (Å²) in [5.41, 5.74) is 0. The molecule has 0 fully saturated rings. The molecule has 23 heavy (non-hydrogen) atoms. The Kier molecular flexibility index (Phi) is 8.57. The molecule has 128 valence electrons. The highest BCUT2D eigenvalue weighted by Gasteiger charge is 2.19. The van der Waals surface area contributed by atoms with Crippen molar-refractivity contribution in [3.8, 4) is 11.5 Å². The van der Waals surface area contributed by atoms with Crippen LogP contribution in [0.4, 0.5) is 0 Å². The van der Waals surface area contributed by atoms with E-state index in [1.165, 1.54) is 0 Å². The predicted octanol–water partition coefficient (Wildman–Crippen LogP) is 1.84. The number of benzene rings is 1. The summed E-state index contributed by atoms with van der Waals surface area (Å²) in [6, 6.07) is 7.17. The fourth-order valence-electron chi connectivity index (χ4n) is 2.08. The van der Waals surface area contributed by atoms with E-state index in [0.29, 0.717) is 25.4 Å². The number of nitrogens with one attached hydrogen (secondary N) is 1. The fourth-order valence-corrected chi connectivity index (χ4v) is 2.08. The van der Waals surface area contributed by atoms with Crippen LogP contribution < -0.4 is 14.8 Å². The average molecular weight is 322 g/mol. The highest BCUT2D eigenvalue weighted by molar-refractivity contribution is 6.35. The first kappa shape index (κ1) is 18.8. The summed E-state index contributed by atoms with van der Waals surface area (Å²) in [5, 5.41) is 2.59. The number of rotatable bonds is 9. The molecule has 0 spiro atoms. The molecule has 6 nitrogen and oxygen atoms in total. The van der Waals surface area contributed by atoms with Crippen LogP contribution in [0.15, 0.2) is 24.3 Å². The van der Waals surface area contributed by atoms with E-state index in [9.17, 15) is 9.59 Å². The molecule has 6 heteroatoms. The van der Waals surface area contributed by atoms with Gasteiger partial charge in [-0.3, -0.25) is 9.59 Å². The highest BCUT2D eigenvalue weighted by atomic mass is 16.5. The van der Waals surface area contributed by atoms with Crippen LogP contribution in [0, 0.1) is 0 Å². The molecular formula is C17H26N2O4. The molecule has 1 aromatic carbocycles. The van der Waals surface area contributed by atoms with Gasteiger partial charge in [-0.05, 0) is 37.1 Å². The van der Waals surface area contributed by atoms with Crippen molar-refractivity contribution in [1.82, 2.24) is 10.2 Å². The second-order valence-corrected chi connectivity index (χ2v) is 5.07. The van der Waals surface area contributed by atoms with Crippen molar-refractivity contribution in [3.05, 3.63) is 24.3 Å². The second kappa shape index (κ2) is 10.5. The van der Waals surface area contributed by atoms with Crippen LogP contribution in [0.1, 0.15) is 26.7 Å². The van der Waals surface area contributed by atoms with E-state index in [1.54, 1.807) is 36.3 Å². The van der Waals surface area contributed by atoms with E-state index in [2.05, 4.69) is 5.32 Å². The van der Waals surface area contributed by atoms with Crippen LogP contribution in [0.5, 0.6) is 11.5 Å². The number of hydrogen-bond donors (Lipinski definition) is 1. The van der Waals surface area contributed by atoms with E-state index in [-0.39, 0.29) is 6.54 Å². The van der Waals surface area contributed by atoms with Gasteiger partial charge in [0.05, 0.1) is 13.7 Å². The summed E-state index contributed by atoms with van der Waals surface area (Å²) in [6.45, 7) is 5.74. The number of carbonyl (C=O) groups is 2. The van der Waals surface area contributed by atoms with Gasteiger partial charge in [-0.15, -0.1) is 0 Å². The first-order valence-electron chi connectivity index (χ1n) is 7.96.